The van der Waals surface area contributed by atoms with Gasteiger partial charge in [-0.3, -0.25) is 9.78 Å². The van der Waals surface area contributed by atoms with E-state index in [9.17, 15) is 9.59 Å². The Balaban J connectivity index is 1.93. The van der Waals surface area contributed by atoms with Gasteiger partial charge in [0, 0.05) is 13.1 Å². The normalized spacial score (nSPS) is 24.5. The van der Waals surface area contributed by atoms with Crippen molar-refractivity contribution in [2.75, 3.05) is 19.7 Å². The molecule has 8 nitrogen and oxygen atoms in total. The van der Waals surface area contributed by atoms with Gasteiger partial charge in [-0.2, -0.15) is 0 Å². The molecule has 0 radical (unpaired) electrons. The highest BCUT2D eigenvalue weighted by molar-refractivity contribution is 4.99. The van der Waals surface area contributed by atoms with E-state index in [-0.39, 0.29) is 24.7 Å². The van der Waals surface area contributed by atoms with E-state index < -0.39 is 11.2 Å². The molecule has 2 rings (SSSR count). The van der Waals surface area contributed by atoms with Crippen LogP contribution in [0.5, 0.6) is 5.88 Å². The summed E-state index contributed by atoms with van der Waals surface area (Å²) in [6.07, 6.45) is -0.0222. The second-order valence-electron chi connectivity index (χ2n) is 3.85. The fraction of sp³-hybridized carbons (Fsp3) is 0.667. The molecule has 0 aliphatic carbocycles. The topological polar surface area (TPSA) is 109 Å². The molecule has 0 amide bonds. The van der Waals surface area contributed by atoms with E-state index in [1.165, 1.54) is 0 Å². The van der Waals surface area contributed by atoms with Crippen LogP contribution in [0.15, 0.2) is 9.59 Å². The summed E-state index contributed by atoms with van der Waals surface area (Å²) in [7, 11) is 0. The van der Waals surface area contributed by atoms with E-state index in [0.717, 1.165) is 6.54 Å². The first-order valence-corrected chi connectivity index (χ1v) is 5.33. The molecule has 1 saturated heterocycles. The lowest BCUT2D eigenvalue weighted by Gasteiger charge is -2.28. The lowest BCUT2D eigenvalue weighted by Crippen LogP contribution is -2.46. The highest BCUT2D eigenvalue weighted by atomic mass is 16.5. The van der Waals surface area contributed by atoms with Crippen LogP contribution in [0.4, 0.5) is 0 Å². The maximum Gasteiger partial charge on any atom is 0.342 e. The van der Waals surface area contributed by atoms with Crippen molar-refractivity contribution in [2.24, 2.45) is 0 Å². The molecule has 2 atom stereocenters. The predicted octanol–water partition coefficient (Wildman–Crippen LogP) is -1.79. The van der Waals surface area contributed by atoms with Crippen molar-refractivity contribution in [1.29, 1.82) is 0 Å². The van der Waals surface area contributed by atoms with Gasteiger partial charge in [-0.25, -0.2) is 9.89 Å². The number of rotatable bonds is 3. The summed E-state index contributed by atoms with van der Waals surface area (Å²) in [6.45, 7) is 3.61. The SMILES string of the molecule is CC1CNCC(COc2n[nH]c(=O)[nH]c2=O)O1. The van der Waals surface area contributed by atoms with Gasteiger partial charge in [0.05, 0.1) is 6.10 Å². The van der Waals surface area contributed by atoms with E-state index in [2.05, 4.69) is 15.5 Å². The zero-order chi connectivity index (χ0) is 12.3. The Hall–Kier alpha value is -1.67. The summed E-state index contributed by atoms with van der Waals surface area (Å²) in [5.74, 6) is -0.161. The Labute approximate surface area is 96.3 Å². The molecule has 1 aromatic heterocycles. The van der Waals surface area contributed by atoms with Gasteiger partial charge < -0.3 is 14.8 Å². The summed E-state index contributed by atoms with van der Waals surface area (Å²) in [5.41, 5.74) is -1.31. The van der Waals surface area contributed by atoms with E-state index in [4.69, 9.17) is 9.47 Å². The fourth-order valence-electron chi connectivity index (χ4n) is 1.58. The number of morpholine rings is 1. The maximum atomic E-state index is 11.3. The van der Waals surface area contributed by atoms with Crippen LogP contribution in [0, 0.1) is 0 Å². The molecule has 17 heavy (non-hydrogen) atoms. The van der Waals surface area contributed by atoms with E-state index in [0.29, 0.717) is 6.54 Å². The molecule has 1 fully saturated rings. The summed E-state index contributed by atoms with van der Waals surface area (Å²) in [5, 5.41) is 8.77. The van der Waals surface area contributed by atoms with Crippen LogP contribution >= 0.6 is 0 Å². The number of hydrogen-bond acceptors (Lipinski definition) is 6. The molecule has 0 saturated carbocycles. The molecular weight excluding hydrogens is 228 g/mol. The molecule has 2 heterocycles. The van der Waals surface area contributed by atoms with Crippen molar-refractivity contribution in [3.63, 3.8) is 0 Å². The molecule has 0 bridgehead atoms. The highest BCUT2D eigenvalue weighted by Crippen LogP contribution is 2.04. The Morgan fingerprint density at radius 1 is 1.47 bits per heavy atom. The summed E-state index contributed by atoms with van der Waals surface area (Å²) in [6, 6.07) is 0. The monoisotopic (exact) mass is 242 g/mol. The Bertz CT molecular complexity index is 482. The van der Waals surface area contributed by atoms with Crippen LogP contribution in [0.2, 0.25) is 0 Å². The standard InChI is InChI=1S/C9H14N4O4/c1-5-2-10-3-6(17-5)4-16-8-7(14)11-9(15)13-12-8/h5-6,10H,2-4H2,1H3,(H2,11,13,14,15). The van der Waals surface area contributed by atoms with Crippen LogP contribution in [-0.4, -0.2) is 47.1 Å². The van der Waals surface area contributed by atoms with E-state index >= 15 is 0 Å². The van der Waals surface area contributed by atoms with Crippen LogP contribution in [-0.2, 0) is 4.74 Å². The first-order chi connectivity index (χ1) is 8.15. The van der Waals surface area contributed by atoms with Gasteiger partial charge in [0.25, 0.3) is 5.88 Å². The quantitative estimate of drug-likeness (QED) is 0.578. The molecule has 8 heteroatoms. The van der Waals surface area contributed by atoms with Gasteiger partial charge in [0.15, 0.2) is 0 Å². The Morgan fingerprint density at radius 2 is 2.29 bits per heavy atom. The zero-order valence-electron chi connectivity index (χ0n) is 9.36. The number of aromatic amines is 2. The number of nitrogens with one attached hydrogen (secondary N) is 3. The third kappa shape index (κ3) is 3.14. The van der Waals surface area contributed by atoms with Crippen molar-refractivity contribution in [2.45, 2.75) is 19.1 Å². The van der Waals surface area contributed by atoms with Gasteiger partial charge in [-0.1, -0.05) is 0 Å². The third-order valence-electron chi connectivity index (χ3n) is 2.31. The highest BCUT2D eigenvalue weighted by Gasteiger charge is 2.19. The van der Waals surface area contributed by atoms with Crippen LogP contribution < -0.4 is 21.3 Å². The molecule has 0 spiro atoms. The minimum atomic E-state index is -0.661. The van der Waals surface area contributed by atoms with Crippen molar-refractivity contribution < 1.29 is 9.47 Å². The fourth-order valence-corrected chi connectivity index (χ4v) is 1.58. The second kappa shape index (κ2) is 5.11. The van der Waals surface area contributed by atoms with Gasteiger partial charge in [0.1, 0.15) is 12.7 Å². The van der Waals surface area contributed by atoms with Gasteiger partial charge in [0.2, 0.25) is 0 Å². The molecule has 94 valence electrons. The lowest BCUT2D eigenvalue weighted by atomic mass is 10.2. The number of ether oxygens (including phenoxy) is 2. The van der Waals surface area contributed by atoms with Crippen LogP contribution in [0.3, 0.4) is 0 Å². The molecular formula is C9H14N4O4. The van der Waals surface area contributed by atoms with Crippen LogP contribution in [0.25, 0.3) is 0 Å². The molecule has 2 unspecified atom stereocenters. The Kier molecular flexibility index (Phi) is 3.55. The largest absolute Gasteiger partial charge is 0.470 e. The third-order valence-corrected chi connectivity index (χ3v) is 2.31. The van der Waals surface area contributed by atoms with Crippen molar-refractivity contribution in [1.82, 2.24) is 20.5 Å². The first kappa shape index (κ1) is 11.8. The number of hydrogen-bond donors (Lipinski definition) is 3. The molecule has 1 aromatic rings. The molecule has 0 aromatic carbocycles. The van der Waals surface area contributed by atoms with Crippen molar-refractivity contribution in [3.05, 3.63) is 20.8 Å². The predicted molar refractivity (Wildman–Crippen MR) is 58.2 cm³/mol. The number of nitrogens with zero attached hydrogens (tertiary/aromatic N) is 1. The second-order valence-corrected chi connectivity index (χ2v) is 3.85. The maximum absolute atomic E-state index is 11.3. The van der Waals surface area contributed by atoms with E-state index in [1.54, 1.807) is 0 Å². The van der Waals surface area contributed by atoms with E-state index in [1.807, 2.05) is 11.9 Å². The minimum Gasteiger partial charge on any atom is -0.470 e. The lowest BCUT2D eigenvalue weighted by molar-refractivity contribution is -0.0480. The summed E-state index contributed by atoms with van der Waals surface area (Å²) < 4.78 is 10.8. The summed E-state index contributed by atoms with van der Waals surface area (Å²) >= 11 is 0. The van der Waals surface area contributed by atoms with Crippen molar-refractivity contribution in [3.8, 4) is 5.88 Å². The molecule has 1 aliphatic heterocycles. The summed E-state index contributed by atoms with van der Waals surface area (Å²) in [4.78, 5) is 24.0. The number of aromatic nitrogens is 3. The average Bonchev–Trinajstić information content (AvgIpc) is 2.28. The molecule has 1 aliphatic rings. The Morgan fingerprint density at radius 3 is 3.00 bits per heavy atom. The number of H-pyrrole nitrogens is 2. The van der Waals surface area contributed by atoms with Gasteiger partial charge in [-0.05, 0) is 6.92 Å². The first-order valence-electron chi connectivity index (χ1n) is 5.33. The van der Waals surface area contributed by atoms with Gasteiger partial charge >= 0.3 is 11.2 Å². The van der Waals surface area contributed by atoms with Crippen molar-refractivity contribution >= 4 is 0 Å². The average molecular weight is 242 g/mol. The zero-order valence-corrected chi connectivity index (χ0v) is 9.36. The molecule has 3 N–H and O–H groups in total. The van der Waals surface area contributed by atoms with Crippen LogP contribution in [0.1, 0.15) is 6.92 Å². The van der Waals surface area contributed by atoms with Gasteiger partial charge in [-0.15, -0.1) is 5.10 Å². The smallest absolute Gasteiger partial charge is 0.342 e. The minimum absolute atomic E-state index is 0.110.